The lowest BCUT2D eigenvalue weighted by atomic mass is 10.2. The highest BCUT2D eigenvalue weighted by Gasteiger charge is 2.19. The molecule has 0 unspecified atom stereocenters. The number of anilines is 1. The summed E-state index contributed by atoms with van der Waals surface area (Å²) in [5.41, 5.74) is 1.36. The fourth-order valence-corrected chi connectivity index (χ4v) is 3.59. The van der Waals surface area contributed by atoms with Gasteiger partial charge in [-0.3, -0.25) is 9.10 Å². The van der Waals surface area contributed by atoms with Crippen molar-refractivity contribution in [2.75, 3.05) is 30.3 Å². The van der Waals surface area contributed by atoms with Crippen LogP contribution >= 0.6 is 11.6 Å². The van der Waals surface area contributed by atoms with Gasteiger partial charge in [0.05, 0.1) is 18.0 Å². The van der Waals surface area contributed by atoms with Gasteiger partial charge in [0.25, 0.3) is 0 Å². The average Bonchev–Trinajstić information content (AvgIpc) is 2.52. The number of benzene rings is 1. The van der Waals surface area contributed by atoms with E-state index in [1.54, 1.807) is 18.2 Å². The summed E-state index contributed by atoms with van der Waals surface area (Å²) in [5, 5.41) is 3.29. The van der Waals surface area contributed by atoms with E-state index < -0.39 is 10.0 Å². The number of carbonyl (C=O) groups excluding carboxylic acids is 1. The van der Waals surface area contributed by atoms with Gasteiger partial charge in [-0.25, -0.2) is 8.42 Å². The van der Waals surface area contributed by atoms with E-state index in [-0.39, 0.29) is 25.0 Å². The van der Waals surface area contributed by atoms with E-state index >= 15 is 0 Å². The van der Waals surface area contributed by atoms with E-state index in [1.165, 1.54) is 4.31 Å². The normalized spacial score (nSPS) is 11.6. The van der Waals surface area contributed by atoms with Crippen molar-refractivity contribution in [1.82, 2.24) is 5.32 Å². The van der Waals surface area contributed by atoms with Crippen molar-refractivity contribution in [2.24, 2.45) is 0 Å². The molecule has 0 aliphatic rings. The van der Waals surface area contributed by atoms with Gasteiger partial charge in [0.15, 0.2) is 0 Å². The number of ether oxygens (including phenoxy) is 1. The van der Waals surface area contributed by atoms with E-state index in [9.17, 15) is 13.2 Å². The third-order valence-electron chi connectivity index (χ3n) is 3.70. The molecular formula is C18H29ClN2O4S. The fraction of sp³-hybridized carbons (Fsp3) is 0.611. The molecule has 1 amide bonds. The lowest BCUT2D eigenvalue weighted by Gasteiger charge is -2.24. The molecule has 0 aromatic heterocycles. The van der Waals surface area contributed by atoms with Crippen molar-refractivity contribution in [1.29, 1.82) is 0 Å². The maximum Gasteiger partial charge on any atom is 0.232 e. The Morgan fingerprint density at radius 3 is 2.62 bits per heavy atom. The molecule has 0 aliphatic carbocycles. The van der Waals surface area contributed by atoms with Crippen LogP contribution in [0.3, 0.4) is 0 Å². The predicted molar refractivity (Wildman–Crippen MR) is 106 cm³/mol. The highest BCUT2D eigenvalue weighted by atomic mass is 35.5. The minimum absolute atomic E-state index is 0.0918. The van der Waals surface area contributed by atoms with Gasteiger partial charge in [0, 0.05) is 31.1 Å². The van der Waals surface area contributed by atoms with Crippen LogP contribution in [0.4, 0.5) is 5.69 Å². The zero-order valence-corrected chi connectivity index (χ0v) is 17.5. The molecule has 0 spiro atoms. The Hall–Kier alpha value is -1.31. The average molecular weight is 405 g/mol. The molecule has 26 heavy (non-hydrogen) atoms. The van der Waals surface area contributed by atoms with Crippen molar-refractivity contribution in [3.8, 4) is 0 Å². The Labute approximate surface area is 161 Å². The second kappa shape index (κ2) is 10.7. The van der Waals surface area contributed by atoms with Gasteiger partial charge in [0.1, 0.15) is 0 Å². The third-order valence-corrected chi connectivity index (χ3v) is 5.11. The summed E-state index contributed by atoms with van der Waals surface area (Å²) in [6, 6.07) is 5.13. The maximum atomic E-state index is 12.1. The quantitative estimate of drug-likeness (QED) is 0.575. The molecule has 148 valence electrons. The molecule has 0 fully saturated rings. The Morgan fingerprint density at radius 1 is 1.31 bits per heavy atom. The largest absolute Gasteiger partial charge is 0.379 e. The van der Waals surface area contributed by atoms with E-state index in [2.05, 4.69) is 5.32 Å². The summed E-state index contributed by atoms with van der Waals surface area (Å²) in [5.74, 6) is -0.0918. The van der Waals surface area contributed by atoms with Crippen LogP contribution in [0.5, 0.6) is 0 Å². The van der Waals surface area contributed by atoms with Crippen molar-refractivity contribution in [2.45, 2.75) is 46.1 Å². The van der Waals surface area contributed by atoms with Gasteiger partial charge >= 0.3 is 0 Å². The molecular weight excluding hydrogens is 376 g/mol. The molecule has 0 heterocycles. The minimum atomic E-state index is -3.46. The number of hydrogen-bond donors (Lipinski definition) is 1. The Bertz CT molecular complexity index is 692. The summed E-state index contributed by atoms with van der Waals surface area (Å²) in [6.07, 6.45) is 2.77. The van der Waals surface area contributed by atoms with E-state index in [0.717, 1.165) is 18.2 Å². The van der Waals surface area contributed by atoms with Crippen molar-refractivity contribution < 1.29 is 17.9 Å². The van der Waals surface area contributed by atoms with Crippen LogP contribution in [0.1, 0.15) is 38.7 Å². The number of nitrogens with zero attached hydrogens (tertiary/aromatic N) is 1. The molecule has 0 radical (unpaired) electrons. The van der Waals surface area contributed by atoms with Crippen molar-refractivity contribution in [3.05, 3.63) is 28.8 Å². The highest BCUT2D eigenvalue weighted by Crippen LogP contribution is 2.26. The molecule has 0 saturated carbocycles. The van der Waals surface area contributed by atoms with E-state index in [1.807, 2.05) is 20.8 Å². The molecule has 6 nitrogen and oxygen atoms in total. The number of rotatable bonds is 11. The van der Waals surface area contributed by atoms with Crippen LogP contribution in [-0.2, 0) is 19.6 Å². The smallest absolute Gasteiger partial charge is 0.232 e. The SMILES string of the molecule is Cc1ccc(Cl)cc1N(CCCC(=O)NCCCOC(C)C)S(C)(=O)=O. The standard InChI is InChI=1S/C18H29ClN2O4S/c1-14(2)25-12-6-10-20-18(22)7-5-11-21(26(4,23)24)17-13-16(19)9-8-15(17)3/h8-9,13-14H,5-7,10-12H2,1-4H3,(H,20,22). The number of aryl methyl sites for hydroxylation is 1. The number of nitrogens with one attached hydrogen (secondary N) is 1. The van der Waals surface area contributed by atoms with Gasteiger partial charge in [-0.2, -0.15) is 0 Å². The van der Waals surface area contributed by atoms with E-state index in [4.69, 9.17) is 16.3 Å². The summed E-state index contributed by atoms with van der Waals surface area (Å²) in [7, 11) is -3.46. The fourth-order valence-electron chi connectivity index (χ4n) is 2.41. The summed E-state index contributed by atoms with van der Waals surface area (Å²) in [4.78, 5) is 11.9. The van der Waals surface area contributed by atoms with E-state index in [0.29, 0.717) is 30.3 Å². The van der Waals surface area contributed by atoms with Gasteiger partial charge in [-0.15, -0.1) is 0 Å². The monoisotopic (exact) mass is 404 g/mol. The molecule has 1 N–H and O–H groups in total. The number of carbonyl (C=O) groups is 1. The zero-order chi connectivity index (χ0) is 19.7. The molecule has 0 saturated heterocycles. The Morgan fingerprint density at radius 2 is 2.00 bits per heavy atom. The van der Waals surface area contributed by atoms with Gasteiger partial charge < -0.3 is 10.1 Å². The lowest BCUT2D eigenvalue weighted by Crippen LogP contribution is -2.33. The summed E-state index contributed by atoms with van der Waals surface area (Å²) < 4.78 is 31.0. The third kappa shape index (κ3) is 8.38. The highest BCUT2D eigenvalue weighted by molar-refractivity contribution is 7.92. The van der Waals surface area contributed by atoms with Crippen LogP contribution < -0.4 is 9.62 Å². The van der Waals surface area contributed by atoms with Crippen molar-refractivity contribution in [3.63, 3.8) is 0 Å². The number of sulfonamides is 1. The summed E-state index contributed by atoms with van der Waals surface area (Å²) in [6.45, 7) is 7.14. The first-order chi connectivity index (χ1) is 12.1. The maximum absolute atomic E-state index is 12.1. The number of halogens is 1. The summed E-state index contributed by atoms with van der Waals surface area (Å²) >= 11 is 6.00. The van der Waals surface area contributed by atoms with Crippen LogP contribution in [-0.4, -0.2) is 46.4 Å². The molecule has 0 bridgehead atoms. The molecule has 1 rings (SSSR count). The minimum Gasteiger partial charge on any atom is -0.379 e. The predicted octanol–water partition coefficient (Wildman–Crippen LogP) is 3.13. The van der Waals surface area contributed by atoms with Crippen LogP contribution in [0.2, 0.25) is 5.02 Å². The molecule has 8 heteroatoms. The molecule has 0 aliphatic heterocycles. The van der Waals surface area contributed by atoms with Crippen LogP contribution in [0.25, 0.3) is 0 Å². The van der Waals surface area contributed by atoms with Gasteiger partial charge in [-0.1, -0.05) is 17.7 Å². The molecule has 0 atom stereocenters. The van der Waals surface area contributed by atoms with Crippen LogP contribution in [0, 0.1) is 6.92 Å². The first-order valence-electron chi connectivity index (χ1n) is 8.73. The van der Waals surface area contributed by atoms with Crippen LogP contribution in [0.15, 0.2) is 18.2 Å². The number of amides is 1. The molecule has 1 aromatic rings. The Balaban J connectivity index is 2.51. The topological polar surface area (TPSA) is 75.7 Å². The van der Waals surface area contributed by atoms with Gasteiger partial charge in [-0.05, 0) is 51.3 Å². The first-order valence-corrected chi connectivity index (χ1v) is 11.0. The van der Waals surface area contributed by atoms with Gasteiger partial charge in [0.2, 0.25) is 15.9 Å². The lowest BCUT2D eigenvalue weighted by molar-refractivity contribution is -0.121. The van der Waals surface area contributed by atoms with Crippen molar-refractivity contribution >= 4 is 33.2 Å². The molecule has 1 aromatic carbocycles. The Kier molecular flexibility index (Phi) is 9.39. The first kappa shape index (κ1) is 22.7. The number of hydrogen-bond acceptors (Lipinski definition) is 4. The zero-order valence-electron chi connectivity index (χ0n) is 15.9. The second-order valence-electron chi connectivity index (χ2n) is 6.49. The second-order valence-corrected chi connectivity index (χ2v) is 8.84.